The Balaban J connectivity index is 2.72. The number of benzene rings is 1. The molecule has 1 aromatic carbocycles. The van der Waals surface area contributed by atoms with E-state index in [4.69, 9.17) is 23.2 Å². The Hall–Kier alpha value is -1.26. The maximum absolute atomic E-state index is 12.0. The third kappa shape index (κ3) is 5.18. The molecule has 4 nitrogen and oxygen atoms in total. The number of nitrogens with one attached hydrogen (secondary N) is 1. The summed E-state index contributed by atoms with van der Waals surface area (Å²) in [5, 5.41) is 3.82. The molecular weight excluding hydrogens is 323 g/mol. The molecular formula is C16H22Cl2N2O2. The molecule has 2 amide bonds. The quantitative estimate of drug-likeness (QED) is 0.815. The Labute approximate surface area is 141 Å². The van der Waals surface area contributed by atoms with Gasteiger partial charge in [0.05, 0.1) is 10.7 Å². The van der Waals surface area contributed by atoms with Gasteiger partial charge in [-0.2, -0.15) is 0 Å². The highest BCUT2D eigenvalue weighted by molar-refractivity contribution is 6.35. The fourth-order valence-corrected chi connectivity index (χ4v) is 2.62. The molecule has 0 bridgehead atoms. The second-order valence-electron chi connectivity index (χ2n) is 5.07. The first-order valence-corrected chi connectivity index (χ1v) is 8.17. The second kappa shape index (κ2) is 9.01. The van der Waals surface area contributed by atoms with E-state index < -0.39 is 0 Å². The number of hydrogen-bond donors (Lipinski definition) is 1. The van der Waals surface area contributed by atoms with E-state index in [1.807, 2.05) is 13.8 Å². The molecule has 0 unspecified atom stereocenters. The molecule has 0 heterocycles. The van der Waals surface area contributed by atoms with Crippen LogP contribution in [0.25, 0.3) is 0 Å². The van der Waals surface area contributed by atoms with Gasteiger partial charge in [0.2, 0.25) is 11.8 Å². The Kier molecular flexibility index (Phi) is 7.69. The second-order valence-corrected chi connectivity index (χ2v) is 5.91. The summed E-state index contributed by atoms with van der Waals surface area (Å²) >= 11 is 12.1. The molecule has 122 valence electrons. The Morgan fingerprint density at radius 3 is 2.41 bits per heavy atom. The molecule has 1 N–H and O–H groups in total. The smallest absolute Gasteiger partial charge is 0.223 e. The van der Waals surface area contributed by atoms with Crippen molar-refractivity contribution in [2.24, 2.45) is 5.92 Å². The van der Waals surface area contributed by atoms with Crippen molar-refractivity contribution in [2.75, 3.05) is 18.0 Å². The third-order valence-corrected chi connectivity index (χ3v) is 4.12. The van der Waals surface area contributed by atoms with E-state index in [1.54, 1.807) is 18.2 Å². The SMILES string of the molecule is CCC(CC)C(=O)NCCN(C(C)=O)c1cc(Cl)ccc1Cl. The lowest BCUT2D eigenvalue weighted by Crippen LogP contribution is -2.39. The van der Waals surface area contributed by atoms with E-state index in [0.717, 1.165) is 12.8 Å². The molecule has 1 rings (SSSR count). The van der Waals surface area contributed by atoms with Gasteiger partial charge in [-0.05, 0) is 31.0 Å². The van der Waals surface area contributed by atoms with Gasteiger partial charge in [0, 0.05) is 31.0 Å². The minimum Gasteiger partial charge on any atom is -0.354 e. The van der Waals surface area contributed by atoms with E-state index in [-0.39, 0.29) is 17.7 Å². The van der Waals surface area contributed by atoms with Crippen LogP contribution in [0.5, 0.6) is 0 Å². The Bertz CT molecular complexity index is 531. The van der Waals surface area contributed by atoms with Crippen LogP contribution < -0.4 is 10.2 Å². The summed E-state index contributed by atoms with van der Waals surface area (Å²) in [5.41, 5.74) is 0.554. The first kappa shape index (κ1) is 18.8. The lowest BCUT2D eigenvalue weighted by atomic mass is 10.0. The number of nitrogens with zero attached hydrogens (tertiary/aromatic N) is 1. The molecule has 0 aliphatic heterocycles. The van der Waals surface area contributed by atoms with Gasteiger partial charge in [-0.1, -0.05) is 37.0 Å². The summed E-state index contributed by atoms with van der Waals surface area (Å²) in [5.74, 6) is -0.118. The number of hydrogen-bond acceptors (Lipinski definition) is 2. The van der Waals surface area contributed by atoms with Gasteiger partial charge < -0.3 is 10.2 Å². The molecule has 0 aliphatic rings. The summed E-state index contributed by atoms with van der Waals surface area (Å²) < 4.78 is 0. The Morgan fingerprint density at radius 1 is 1.23 bits per heavy atom. The predicted octanol–water partition coefficient (Wildman–Crippen LogP) is 3.90. The van der Waals surface area contributed by atoms with E-state index in [9.17, 15) is 9.59 Å². The monoisotopic (exact) mass is 344 g/mol. The molecule has 0 aromatic heterocycles. The summed E-state index contributed by atoms with van der Waals surface area (Å²) in [6, 6.07) is 4.96. The summed E-state index contributed by atoms with van der Waals surface area (Å²) in [7, 11) is 0. The molecule has 0 spiro atoms. The maximum atomic E-state index is 12.0. The lowest BCUT2D eigenvalue weighted by Gasteiger charge is -2.23. The molecule has 1 aromatic rings. The first-order chi connectivity index (χ1) is 10.4. The zero-order valence-corrected chi connectivity index (χ0v) is 14.7. The standard InChI is InChI=1S/C16H22Cl2N2O2/c1-4-12(5-2)16(22)19-8-9-20(11(3)21)15-10-13(17)6-7-14(15)18/h6-7,10,12H,4-5,8-9H2,1-3H3,(H,19,22). The molecule has 22 heavy (non-hydrogen) atoms. The summed E-state index contributed by atoms with van der Waals surface area (Å²) in [6.07, 6.45) is 1.61. The van der Waals surface area contributed by atoms with Gasteiger partial charge >= 0.3 is 0 Å². The molecule has 0 saturated carbocycles. The zero-order valence-electron chi connectivity index (χ0n) is 13.2. The van der Waals surface area contributed by atoms with E-state index >= 15 is 0 Å². The van der Waals surface area contributed by atoms with Crippen molar-refractivity contribution in [3.63, 3.8) is 0 Å². The zero-order chi connectivity index (χ0) is 16.7. The molecule has 0 aliphatic carbocycles. The van der Waals surface area contributed by atoms with E-state index in [1.165, 1.54) is 11.8 Å². The van der Waals surface area contributed by atoms with Crippen molar-refractivity contribution in [1.82, 2.24) is 5.32 Å². The minimum absolute atomic E-state index is 0.0144. The average molecular weight is 345 g/mol. The molecule has 0 fully saturated rings. The molecule has 0 saturated heterocycles. The number of carbonyl (C=O) groups is 2. The van der Waals surface area contributed by atoms with Gasteiger partial charge in [-0.15, -0.1) is 0 Å². The number of halogens is 2. The van der Waals surface area contributed by atoms with Crippen LogP contribution in [0.4, 0.5) is 5.69 Å². The minimum atomic E-state index is -0.152. The predicted molar refractivity (Wildman–Crippen MR) is 91.6 cm³/mol. The van der Waals surface area contributed by atoms with Crippen molar-refractivity contribution < 1.29 is 9.59 Å². The van der Waals surface area contributed by atoms with Crippen molar-refractivity contribution in [3.8, 4) is 0 Å². The Morgan fingerprint density at radius 2 is 1.86 bits per heavy atom. The van der Waals surface area contributed by atoms with Crippen molar-refractivity contribution in [1.29, 1.82) is 0 Å². The van der Waals surface area contributed by atoms with Gasteiger partial charge in [-0.3, -0.25) is 9.59 Å². The van der Waals surface area contributed by atoms with Crippen LogP contribution in [0.2, 0.25) is 10.0 Å². The van der Waals surface area contributed by atoms with Crippen molar-refractivity contribution in [3.05, 3.63) is 28.2 Å². The van der Waals surface area contributed by atoms with Crippen LogP contribution in [-0.4, -0.2) is 24.9 Å². The van der Waals surface area contributed by atoms with Crippen LogP contribution in [0.15, 0.2) is 18.2 Å². The highest BCUT2D eigenvalue weighted by Gasteiger charge is 2.17. The molecule has 6 heteroatoms. The summed E-state index contributed by atoms with van der Waals surface area (Å²) in [6.45, 7) is 6.15. The topological polar surface area (TPSA) is 49.4 Å². The number of anilines is 1. The average Bonchev–Trinajstić information content (AvgIpc) is 2.47. The van der Waals surface area contributed by atoms with Crippen LogP contribution in [0.1, 0.15) is 33.6 Å². The largest absolute Gasteiger partial charge is 0.354 e. The highest BCUT2D eigenvalue weighted by atomic mass is 35.5. The third-order valence-electron chi connectivity index (χ3n) is 3.57. The van der Waals surface area contributed by atoms with Crippen LogP contribution in [0, 0.1) is 5.92 Å². The van der Waals surface area contributed by atoms with E-state index in [2.05, 4.69) is 5.32 Å². The summed E-state index contributed by atoms with van der Waals surface area (Å²) in [4.78, 5) is 25.3. The molecule has 0 radical (unpaired) electrons. The van der Waals surface area contributed by atoms with Gasteiger partial charge in [0.15, 0.2) is 0 Å². The number of carbonyl (C=O) groups excluding carboxylic acids is 2. The highest BCUT2D eigenvalue weighted by Crippen LogP contribution is 2.29. The van der Waals surface area contributed by atoms with Gasteiger partial charge in [0.25, 0.3) is 0 Å². The van der Waals surface area contributed by atoms with Crippen LogP contribution >= 0.6 is 23.2 Å². The van der Waals surface area contributed by atoms with Crippen LogP contribution in [0.3, 0.4) is 0 Å². The number of amides is 2. The van der Waals surface area contributed by atoms with Gasteiger partial charge in [0.1, 0.15) is 0 Å². The van der Waals surface area contributed by atoms with Crippen LogP contribution in [-0.2, 0) is 9.59 Å². The maximum Gasteiger partial charge on any atom is 0.223 e. The lowest BCUT2D eigenvalue weighted by molar-refractivity contribution is -0.125. The number of rotatable bonds is 7. The fraction of sp³-hybridized carbons (Fsp3) is 0.500. The first-order valence-electron chi connectivity index (χ1n) is 7.41. The fourth-order valence-electron chi connectivity index (χ4n) is 2.23. The molecule has 0 atom stereocenters. The van der Waals surface area contributed by atoms with Gasteiger partial charge in [-0.25, -0.2) is 0 Å². The van der Waals surface area contributed by atoms with Crippen molar-refractivity contribution >= 4 is 40.7 Å². The normalized spacial score (nSPS) is 10.6. The van der Waals surface area contributed by atoms with E-state index in [0.29, 0.717) is 28.8 Å². The van der Waals surface area contributed by atoms with Crippen molar-refractivity contribution in [2.45, 2.75) is 33.6 Å².